The van der Waals surface area contributed by atoms with Crippen molar-refractivity contribution in [2.24, 2.45) is 5.92 Å². The minimum atomic E-state index is -0.496. The second-order valence-corrected chi connectivity index (χ2v) is 4.92. The summed E-state index contributed by atoms with van der Waals surface area (Å²) in [7, 11) is 0. The molecule has 94 valence electrons. The molecule has 0 heterocycles. The zero-order valence-corrected chi connectivity index (χ0v) is 10.7. The third-order valence-corrected chi connectivity index (χ3v) is 2.03. The number of nitrogens with one attached hydrogen (secondary N) is 1. The van der Waals surface area contributed by atoms with Crippen LogP contribution in [0, 0.1) is 5.92 Å². The Labute approximate surface area is 97.7 Å². The number of alkyl carbamates (subject to hydrolysis) is 1. The number of ether oxygens (including phenoxy) is 1. The van der Waals surface area contributed by atoms with Gasteiger partial charge in [0, 0.05) is 12.5 Å². The molecule has 16 heavy (non-hydrogen) atoms. The highest BCUT2D eigenvalue weighted by Gasteiger charge is 2.17. The predicted molar refractivity (Wildman–Crippen MR) is 63.3 cm³/mol. The van der Waals surface area contributed by atoms with Crippen LogP contribution in [0.4, 0.5) is 4.79 Å². The highest BCUT2D eigenvalue weighted by molar-refractivity contribution is 5.68. The number of hydrogen-bond donors (Lipinski definition) is 1. The summed E-state index contributed by atoms with van der Waals surface area (Å²) in [5.74, 6) is -0.104. The lowest BCUT2D eigenvalue weighted by molar-refractivity contribution is -0.111. The van der Waals surface area contributed by atoms with Gasteiger partial charge < -0.3 is 14.8 Å². The van der Waals surface area contributed by atoms with Crippen LogP contribution in [-0.2, 0) is 9.53 Å². The zero-order valence-electron chi connectivity index (χ0n) is 10.7. The third-order valence-electron chi connectivity index (χ3n) is 2.03. The van der Waals surface area contributed by atoms with Crippen molar-refractivity contribution >= 4 is 12.4 Å². The van der Waals surface area contributed by atoms with Crippen molar-refractivity contribution < 1.29 is 14.3 Å². The Kier molecular flexibility index (Phi) is 6.77. The number of carbonyl (C=O) groups excluding carboxylic acids is 2. The highest BCUT2D eigenvalue weighted by Crippen LogP contribution is 2.08. The fourth-order valence-corrected chi connectivity index (χ4v) is 1.21. The maximum absolute atomic E-state index is 11.3. The van der Waals surface area contributed by atoms with Gasteiger partial charge in [0.2, 0.25) is 0 Å². The van der Waals surface area contributed by atoms with Crippen LogP contribution in [-0.4, -0.2) is 24.5 Å². The van der Waals surface area contributed by atoms with Crippen molar-refractivity contribution in [2.75, 3.05) is 6.54 Å². The van der Waals surface area contributed by atoms with E-state index in [2.05, 4.69) is 12.2 Å². The Morgan fingerprint density at radius 3 is 2.50 bits per heavy atom. The number of unbranched alkanes of at least 4 members (excludes halogenated alkanes) is 1. The van der Waals surface area contributed by atoms with Crippen molar-refractivity contribution in [1.29, 1.82) is 0 Å². The van der Waals surface area contributed by atoms with Gasteiger partial charge in [-0.25, -0.2) is 4.79 Å². The first-order valence-corrected chi connectivity index (χ1v) is 5.81. The number of aldehydes is 1. The number of amides is 1. The summed E-state index contributed by atoms with van der Waals surface area (Å²) in [6.45, 7) is 7.85. The molecule has 0 rings (SSSR count). The van der Waals surface area contributed by atoms with E-state index in [0.717, 1.165) is 25.5 Å². The van der Waals surface area contributed by atoms with Gasteiger partial charge in [-0.1, -0.05) is 19.8 Å². The van der Waals surface area contributed by atoms with Crippen LogP contribution in [0.1, 0.15) is 47.0 Å². The summed E-state index contributed by atoms with van der Waals surface area (Å²) >= 11 is 0. The predicted octanol–water partition coefficient (Wildman–Crippen LogP) is 2.52. The molecule has 0 radical (unpaired) electrons. The lowest BCUT2D eigenvalue weighted by Crippen LogP contribution is -2.35. The zero-order chi connectivity index (χ0) is 12.6. The van der Waals surface area contributed by atoms with E-state index in [1.165, 1.54) is 0 Å². The molecule has 0 aliphatic rings. The Hall–Kier alpha value is -1.06. The summed E-state index contributed by atoms with van der Waals surface area (Å²) in [5, 5.41) is 2.61. The number of carbonyl (C=O) groups is 2. The fraction of sp³-hybridized carbons (Fsp3) is 0.833. The molecule has 0 bridgehead atoms. The van der Waals surface area contributed by atoms with E-state index in [1.54, 1.807) is 20.8 Å². The SMILES string of the molecule is CCCCC(C=O)CNC(=O)OC(C)(C)C. The smallest absolute Gasteiger partial charge is 0.407 e. The van der Waals surface area contributed by atoms with Gasteiger partial charge in [-0.05, 0) is 27.2 Å². The Balaban J connectivity index is 3.84. The van der Waals surface area contributed by atoms with E-state index >= 15 is 0 Å². The first-order chi connectivity index (χ1) is 7.39. The van der Waals surface area contributed by atoms with E-state index in [1.807, 2.05) is 0 Å². The van der Waals surface area contributed by atoms with E-state index in [4.69, 9.17) is 4.74 Å². The second-order valence-electron chi connectivity index (χ2n) is 4.92. The first-order valence-electron chi connectivity index (χ1n) is 5.81. The molecule has 0 aromatic heterocycles. The Bertz CT molecular complexity index is 221. The second kappa shape index (κ2) is 7.25. The Morgan fingerprint density at radius 1 is 1.44 bits per heavy atom. The molecule has 0 saturated carbocycles. The molecule has 0 saturated heterocycles. The number of hydrogen-bond acceptors (Lipinski definition) is 3. The first kappa shape index (κ1) is 14.9. The van der Waals surface area contributed by atoms with Gasteiger partial charge in [0.15, 0.2) is 0 Å². The van der Waals surface area contributed by atoms with Crippen LogP contribution >= 0.6 is 0 Å². The molecule has 1 unspecified atom stereocenters. The minimum absolute atomic E-state index is 0.104. The van der Waals surface area contributed by atoms with Crippen LogP contribution < -0.4 is 5.32 Å². The van der Waals surface area contributed by atoms with Crippen LogP contribution in [0.25, 0.3) is 0 Å². The van der Waals surface area contributed by atoms with Gasteiger partial charge in [-0.2, -0.15) is 0 Å². The molecule has 0 fully saturated rings. The lowest BCUT2D eigenvalue weighted by Gasteiger charge is -2.20. The average Bonchev–Trinajstić information content (AvgIpc) is 2.15. The topological polar surface area (TPSA) is 55.4 Å². The van der Waals surface area contributed by atoms with Crippen LogP contribution in [0.15, 0.2) is 0 Å². The molecule has 0 spiro atoms. The summed E-state index contributed by atoms with van der Waals surface area (Å²) in [6, 6.07) is 0. The van der Waals surface area contributed by atoms with Crippen molar-refractivity contribution in [3.05, 3.63) is 0 Å². The quantitative estimate of drug-likeness (QED) is 0.712. The fourth-order valence-electron chi connectivity index (χ4n) is 1.21. The molecule has 4 heteroatoms. The van der Waals surface area contributed by atoms with Gasteiger partial charge in [0.1, 0.15) is 11.9 Å². The van der Waals surface area contributed by atoms with E-state index in [0.29, 0.717) is 6.54 Å². The monoisotopic (exact) mass is 229 g/mol. The van der Waals surface area contributed by atoms with Crippen LogP contribution in [0.5, 0.6) is 0 Å². The van der Waals surface area contributed by atoms with Crippen molar-refractivity contribution in [3.8, 4) is 0 Å². The lowest BCUT2D eigenvalue weighted by atomic mass is 10.0. The summed E-state index contributed by atoms with van der Waals surface area (Å²) in [5.41, 5.74) is -0.496. The van der Waals surface area contributed by atoms with E-state index in [-0.39, 0.29) is 5.92 Å². The molecule has 0 aliphatic heterocycles. The molecule has 1 atom stereocenters. The molecular formula is C12H23NO3. The van der Waals surface area contributed by atoms with Crippen LogP contribution in [0.2, 0.25) is 0 Å². The van der Waals surface area contributed by atoms with Gasteiger partial charge >= 0.3 is 6.09 Å². The largest absolute Gasteiger partial charge is 0.444 e. The summed E-state index contributed by atoms with van der Waals surface area (Å²) in [6.07, 6.45) is 3.30. The molecule has 0 aromatic rings. The number of rotatable bonds is 6. The van der Waals surface area contributed by atoms with Crippen molar-refractivity contribution in [1.82, 2.24) is 5.32 Å². The maximum atomic E-state index is 11.3. The standard InChI is InChI=1S/C12H23NO3/c1-5-6-7-10(9-14)8-13-11(15)16-12(2,3)4/h9-10H,5-8H2,1-4H3,(H,13,15). The molecule has 0 aromatic carbocycles. The summed E-state index contributed by atoms with van der Waals surface area (Å²) < 4.78 is 5.07. The highest BCUT2D eigenvalue weighted by atomic mass is 16.6. The van der Waals surface area contributed by atoms with E-state index in [9.17, 15) is 9.59 Å². The molecular weight excluding hydrogens is 206 g/mol. The maximum Gasteiger partial charge on any atom is 0.407 e. The van der Waals surface area contributed by atoms with Crippen molar-refractivity contribution in [3.63, 3.8) is 0 Å². The van der Waals surface area contributed by atoms with Gasteiger partial charge in [-0.15, -0.1) is 0 Å². The van der Waals surface area contributed by atoms with Crippen molar-refractivity contribution in [2.45, 2.75) is 52.6 Å². The summed E-state index contributed by atoms with van der Waals surface area (Å²) in [4.78, 5) is 22.0. The minimum Gasteiger partial charge on any atom is -0.444 e. The molecule has 4 nitrogen and oxygen atoms in total. The van der Waals surface area contributed by atoms with E-state index < -0.39 is 11.7 Å². The van der Waals surface area contributed by atoms with Gasteiger partial charge in [0.05, 0.1) is 0 Å². The third kappa shape index (κ3) is 8.26. The molecule has 1 N–H and O–H groups in total. The average molecular weight is 229 g/mol. The molecule has 1 amide bonds. The molecule has 0 aliphatic carbocycles. The van der Waals surface area contributed by atoms with Gasteiger partial charge in [0.25, 0.3) is 0 Å². The normalized spacial score (nSPS) is 13.0. The van der Waals surface area contributed by atoms with Crippen LogP contribution in [0.3, 0.4) is 0 Å². The Morgan fingerprint density at radius 2 is 2.06 bits per heavy atom. The van der Waals surface area contributed by atoms with Gasteiger partial charge in [-0.3, -0.25) is 0 Å².